The van der Waals surface area contributed by atoms with E-state index < -0.39 is 5.97 Å². The molecular formula is C30H34N2O3. The molecule has 1 fully saturated rings. The van der Waals surface area contributed by atoms with Crippen molar-refractivity contribution in [3.63, 3.8) is 0 Å². The number of aryl methyl sites for hydroxylation is 2. The summed E-state index contributed by atoms with van der Waals surface area (Å²) in [6.45, 7) is 4.15. The van der Waals surface area contributed by atoms with Crippen LogP contribution in [0.15, 0.2) is 72.8 Å². The maximum Gasteiger partial charge on any atom is 0.303 e. The van der Waals surface area contributed by atoms with Crippen LogP contribution in [0.25, 0.3) is 0 Å². The molecule has 0 bridgehead atoms. The second-order valence-corrected chi connectivity index (χ2v) is 9.40. The first-order chi connectivity index (χ1) is 17.0. The summed E-state index contributed by atoms with van der Waals surface area (Å²) in [6.07, 6.45) is 4.52. The minimum Gasteiger partial charge on any atom is -0.481 e. The number of carbonyl (C=O) groups excluding carboxylic acids is 1. The zero-order valence-corrected chi connectivity index (χ0v) is 20.4. The third-order valence-corrected chi connectivity index (χ3v) is 6.68. The SMILES string of the molecule is Cc1ccc(C(NC(=O)Cc2ccc(CCC(=O)O)cc2)c2ccccc2N2CCCCC2)cc1. The van der Waals surface area contributed by atoms with Gasteiger partial charge in [0.25, 0.3) is 0 Å². The normalized spacial score (nSPS) is 14.4. The standard InChI is InChI=1S/C30H34N2O3/c1-22-9-16-25(17-10-22)30(26-7-3-4-8-27(26)32-19-5-2-6-20-32)31-28(33)21-24-13-11-23(12-14-24)15-18-29(34)35/h3-4,7-14,16-17,30H,2,5-6,15,18-21H2,1H3,(H,31,33)(H,34,35). The summed E-state index contributed by atoms with van der Waals surface area (Å²) in [6, 6.07) is 24.2. The van der Waals surface area contributed by atoms with Crippen LogP contribution in [0.2, 0.25) is 0 Å². The van der Waals surface area contributed by atoms with Gasteiger partial charge in [-0.3, -0.25) is 9.59 Å². The number of carboxylic acid groups (broad SMARTS) is 1. The van der Waals surface area contributed by atoms with Gasteiger partial charge in [0.1, 0.15) is 0 Å². The molecule has 0 saturated carbocycles. The van der Waals surface area contributed by atoms with E-state index in [1.807, 2.05) is 30.3 Å². The van der Waals surface area contributed by atoms with Crippen LogP contribution in [0.4, 0.5) is 5.69 Å². The number of rotatable bonds is 9. The number of carbonyl (C=O) groups is 2. The molecule has 182 valence electrons. The minimum atomic E-state index is -0.805. The molecule has 1 atom stereocenters. The lowest BCUT2D eigenvalue weighted by Gasteiger charge is -2.33. The molecule has 5 heteroatoms. The van der Waals surface area contributed by atoms with Crippen molar-refractivity contribution in [3.8, 4) is 0 Å². The van der Waals surface area contributed by atoms with E-state index in [1.54, 1.807) is 0 Å². The van der Waals surface area contributed by atoms with Crippen LogP contribution < -0.4 is 10.2 Å². The van der Waals surface area contributed by atoms with Crippen molar-refractivity contribution < 1.29 is 14.7 Å². The Morgan fingerprint density at radius 2 is 1.54 bits per heavy atom. The number of hydrogen-bond acceptors (Lipinski definition) is 3. The van der Waals surface area contributed by atoms with Crippen LogP contribution in [-0.2, 0) is 22.4 Å². The summed E-state index contributed by atoms with van der Waals surface area (Å²) < 4.78 is 0. The molecule has 0 aromatic heterocycles. The van der Waals surface area contributed by atoms with Crippen LogP contribution in [0.1, 0.15) is 59.5 Å². The molecule has 1 unspecified atom stereocenters. The highest BCUT2D eigenvalue weighted by Gasteiger charge is 2.23. The van der Waals surface area contributed by atoms with Gasteiger partial charge in [-0.15, -0.1) is 0 Å². The zero-order chi connectivity index (χ0) is 24.6. The molecule has 1 amide bonds. The fraction of sp³-hybridized carbons (Fsp3) is 0.333. The van der Waals surface area contributed by atoms with E-state index in [4.69, 9.17) is 5.11 Å². The molecule has 0 spiro atoms. The summed E-state index contributed by atoms with van der Waals surface area (Å²) in [7, 11) is 0. The van der Waals surface area contributed by atoms with Gasteiger partial charge in [-0.2, -0.15) is 0 Å². The Balaban J connectivity index is 1.55. The molecule has 1 saturated heterocycles. The Labute approximate surface area is 207 Å². The highest BCUT2D eigenvalue weighted by molar-refractivity contribution is 5.80. The number of hydrogen-bond donors (Lipinski definition) is 2. The van der Waals surface area contributed by atoms with Crippen molar-refractivity contribution in [3.05, 3.63) is 101 Å². The van der Waals surface area contributed by atoms with E-state index in [9.17, 15) is 9.59 Å². The molecular weight excluding hydrogens is 436 g/mol. The average Bonchev–Trinajstić information content (AvgIpc) is 2.88. The van der Waals surface area contributed by atoms with Gasteiger partial charge in [0.2, 0.25) is 5.91 Å². The summed E-state index contributed by atoms with van der Waals surface area (Å²) in [5.41, 5.74) is 6.44. The van der Waals surface area contributed by atoms with Crippen molar-refractivity contribution in [2.24, 2.45) is 0 Å². The van der Waals surface area contributed by atoms with Crippen molar-refractivity contribution in [2.75, 3.05) is 18.0 Å². The fourth-order valence-corrected chi connectivity index (χ4v) is 4.73. The zero-order valence-electron chi connectivity index (χ0n) is 20.4. The third kappa shape index (κ3) is 6.72. The van der Waals surface area contributed by atoms with Gasteiger partial charge in [0.15, 0.2) is 0 Å². The number of nitrogens with zero attached hydrogens (tertiary/aromatic N) is 1. The molecule has 1 aliphatic rings. The Morgan fingerprint density at radius 1 is 0.886 bits per heavy atom. The second kappa shape index (κ2) is 11.7. The first kappa shape index (κ1) is 24.5. The molecule has 3 aromatic rings. The predicted octanol–water partition coefficient (Wildman–Crippen LogP) is 5.45. The lowest BCUT2D eigenvalue weighted by Crippen LogP contribution is -2.34. The van der Waals surface area contributed by atoms with E-state index in [0.717, 1.165) is 35.3 Å². The molecule has 0 radical (unpaired) electrons. The van der Waals surface area contributed by atoms with Gasteiger partial charge in [-0.05, 0) is 55.4 Å². The van der Waals surface area contributed by atoms with Gasteiger partial charge in [-0.1, -0.05) is 72.3 Å². The number of anilines is 1. The highest BCUT2D eigenvalue weighted by Crippen LogP contribution is 2.32. The van der Waals surface area contributed by atoms with Gasteiger partial charge in [0.05, 0.1) is 12.5 Å². The summed E-state index contributed by atoms with van der Waals surface area (Å²) in [5.74, 6) is -0.845. The molecule has 3 aromatic carbocycles. The minimum absolute atomic E-state index is 0.0395. The number of aliphatic carboxylic acids is 1. The molecule has 0 aliphatic carbocycles. The van der Waals surface area contributed by atoms with Crippen LogP contribution >= 0.6 is 0 Å². The summed E-state index contributed by atoms with van der Waals surface area (Å²) >= 11 is 0. The molecule has 1 heterocycles. The Morgan fingerprint density at radius 3 is 2.23 bits per heavy atom. The predicted molar refractivity (Wildman–Crippen MR) is 140 cm³/mol. The largest absolute Gasteiger partial charge is 0.481 e. The quantitative estimate of drug-likeness (QED) is 0.436. The van der Waals surface area contributed by atoms with E-state index in [0.29, 0.717) is 6.42 Å². The van der Waals surface area contributed by atoms with Crippen molar-refractivity contribution in [1.29, 1.82) is 0 Å². The Bertz CT molecular complexity index is 1130. The van der Waals surface area contributed by atoms with E-state index in [2.05, 4.69) is 59.6 Å². The van der Waals surface area contributed by atoms with Gasteiger partial charge < -0.3 is 15.3 Å². The first-order valence-electron chi connectivity index (χ1n) is 12.5. The smallest absolute Gasteiger partial charge is 0.303 e. The van der Waals surface area contributed by atoms with Crippen LogP contribution in [-0.4, -0.2) is 30.1 Å². The lowest BCUT2D eigenvalue weighted by molar-refractivity contribution is -0.137. The van der Waals surface area contributed by atoms with Crippen molar-refractivity contribution in [1.82, 2.24) is 5.32 Å². The average molecular weight is 471 g/mol. The van der Waals surface area contributed by atoms with Gasteiger partial charge in [-0.25, -0.2) is 0 Å². The topological polar surface area (TPSA) is 69.6 Å². The number of benzene rings is 3. The van der Waals surface area contributed by atoms with Crippen molar-refractivity contribution >= 4 is 17.6 Å². The van der Waals surface area contributed by atoms with Crippen LogP contribution in [0, 0.1) is 6.92 Å². The number of para-hydroxylation sites is 1. The van der Waals surface area contributed by atoms with Crippen LogP contribution in [0.3, 0.4) is 0 Å². The second-order valence-electron chi connectivity index (χ2n) is 9.40. The van der Waals surface area contributed by atoms with Gasteiger partial charge >= 0.3 is 5.97 Å². The number of nitrogens with one attached hydrogen (secondary N) is 1. The van der Waals surface area contributed by atoms with E-state index in [-0.39, 0.29) is 24.8 Å². The van der Waals surface area contributed by atoms with Crippen LogP contribution in [0.5, 0.6) is 0 Å². The van der Waals surface area contributed by atoms with Gasteiger partial charge in [0, 0.05) is 30.8 Å². The number of amides is 1. The monoisotopic (exact) mass is 470 g/mol. The highest BCUT2D eigenvalue weighted by atomic mass is 16.4. The third-order valence-electron chi connectivity index (χ3n) is 6.68. The van der Waals surface area contributed by atoms with Crippen molar-refractivity contribution in [2.45, 2.75) is 51.5 Å². The van der Waals surface area contributed by atoms with E-state index in [1.165, 1.54) is 30.5 Å². The maximum atomic E-state index is 13.2. The number of piperidine rings is 1. The molecule has 5 nitrogen and oxygen atoms in total. The van der Waals surface area contributed by atoms with E-state index >= 15 is 0 Å². The first-order valence-corrected chi connectivity index (χ1v) is 12.5. The summed E-state index contributed by atoms with van der Waals surface area (Å²) in [5, 5.41) is 12.2. The molecule has 1 aliphatic heterocycles. The number of carboxylic acids is 1. The molecule has 4 rings (SSSR count). The maximum absolute atomic E-state index is 13.2. The lowest BCUT2D eigenvalue weighted by atomic mass is 9.94. The Hall–Kier alpha value is -3.60. The summed E-state index contributed by atoms with van der Waals surface area (Å²) in [4.78, 5) is 26.5. The molecule has 35 heavy (non-hydrogen) atoms. The molecule has 2 N–H and O–H groups in total. The Kier molecular flexibility index (Phi) is 8.19. The fourth-order valence-electron chi connectivity index (χ4n) is 4.73.